The Morgan fingerprint density at radius 3 is 2.02 bits per heavy atom. The first kappa shape index (κ1) is 47.6. The number of unbranched alkanes of at least 4 members (excludes halogenated alkanes) is 7. The lowest BCUT2D eigenvalue weighted by molar-refractivity contribution is -0.346. The van der Waals surface area contributed by atoms with Crippen LogP contribution in [0.15, 0.2) is 34.0 Å². The van der Waals surface area contributed by atoms with E-state index in [-0.39, 0.29) is 0 Å². The summed E-state index contributed by atoms with van der Waals surface area (Å²) in [5, 5.41) is 91.4. The molecule has 3 aliphatic heterocycles. The number of aliphatic hydroxyl groups is 8. The van der Waals surface area contributed by atoms with Gasteiger partial charge in [0, 0.05) is 25.6 Å². The predicted molar refractivity (Wildman–Crippen MR) is 202 cm³/mol. The Kier molecular flexibility index (Phi) is 18.4. The zero-order valence-corrected chi connectivity index (χ0v) is 33.1. The lowest BCUT2D eigenvalue weighted by Crippen LogP contribution is -2.68. The number of ether oxygens (including phenoxy) is 4. The number of aromatic amines is 1. The molecule has 0 bridgehead atoms. The van der Waals surface area contributed by atoms with E-state index in [0.29, 0.717) is 12.3 Å². The van der Waals surface area contributed by atoms with Crippen molar-refractivity contribution >= 4 is 11.8 Å². The van der Waals surface area contributed by atoms with E-state index in [1.165, 1.54) is 31.8 Å². The largest absolute Gasteiger partial charge is 0.394 e. The number of H-pyrrole nitrogens is 1. The highest BCUT2D eigenvalue weighted by Crippen LogP contribution is 2.34. The molecule has 3 saturated heterocycles. The summed E-state index contributed by atoms with van der Waals surface area (Å²) >= 11 is 0. The first-order valence-corrected chi connectivity index (χ1v) is 20.1. The molecule has 0 radical (unpaired) electrons. The van der Waals surface area contributed by atoms with Gasteiger partial charge in [-0.05, 0) is 24.8 Å². The van der Waals surface area contributed by atoms with Crippen molar-refractivity contribution < 1.29 is 69.4 Å². The molecular weight excluding hydrogens is 768 g/mol. The van der Waals surface area contributed by atoms with Gasteiger partial charge >= 0.3 is 5.69 Å². The van der Waals surface area contributed by atoms with Crippen LogP contribution in [0.25, 0.3) is 0 Å². The van der Waals surface area contributed by atoms with Crippen LogP contribution in [0.2, 0.25) is 0 Å². The number of nitrogens with one attached hydrogen (secondary N) is 3. The van der Waals surface area contributed by atoms with E-state index in [2.05, 4.69) is 24.5 Å². The molecule has 0 aliphatic carbocycles. The molecule has 0 saturated carbocycles. The zero-order chi connectivity index (χ0) is 42.7. The van der Waals surface area contributed by atoms with Gasteiger partial charge in [-0.1, -0.05) is 64.9 Å². The van der Waals surface area contributed by atoms with Crippen molar-refractivity contribution in [3.63, 3.8) is 0 Å². The molecule has 2 amide bonds. The van der Waals surface area contributed by atoms with E-state index >= 15 is 0 Å². The molecule has 15 atom stereocenters. The average Bonchev–Trinajstić information content (AvgIpc) is 3.46. The molecule has 11 N–H and O–H groups in total. The summed E-state index contributed by atoms with van der Waals surface area (Å²) in [6.45, 7) is 4.78. The lowest BCUT2D eigenvalue weighted by Gasteiger charge is -2.47. The van der Waals surface area contributed by atoms with Crippen molar-refractivity contribution in [2.45, 2.75) is 177 Å². The van der Waals surface area contributed by atoms with Crippen molar-refractivity contribution in [2.75, 3.05) is 6.61 Å². The first-order chi connectivity index (χ1) is 27.5. The quantitative estimate of drug-likeness (QED) is 0.0479. The van der Waals surface area contributed by atoms with Gasteiger partial charge in [0.25, 0.3) is 5.56 Å². The maximum Gasteiger partial charge on any atom is 0.330 e. The molecule has 0 unspecified atom stereocenters. The van der Waals surface area contributed by atoms with Crippen molar-refractivity contribution in [3.8, 4) is 0 Å². The number of allylic oxidation sites excluding steroid dienone is 1. The van der Waals surface area contributed by atoms with E-state index in [4.69, 9.17) is 18.9 Å². The van der Waals surface area contributed by atoms with Crippen LogP contribution in [0.3, 0.4) is 0 Å². The van der Waals surface area contributed by atoms with Crippen LogP contribution >= 0.6 is 0 Å². The highest BCUT2D eigenvalue weighted by molar-refractivity contribution is 5.87. The monoisotopic (exact) mass is 830 g/mol. The van der Waals surface area contributed by atoms with Crippen LogP contribution in [0, 0.1) is 5.92 Å². The molecule has 330 valence electrons. The third-order valence-corrected chi connectivity index (χ3v) is 10.7. The molecule has 4 rings (SSSR count). The SMILES string of the molecule is CC(=O)N[C@@H]1[C@H](O[C@@H]2O[C@H](C[C@@H](O)[C@H]3O[C@@H](n4ccc(=O)[nH]c4=O)[C@H](O)[C@@H]3O)[C@H](O)[C@H](O)[C@H]2NC(=O)/C=C/CCCCCCCCCC(C)C)O[C@@H](CO)[C@H](O)[C@H]1O. The molecule has 1 aromatic heterocycles. The summed E-state index contributed by atoms with van der Waals surface area (Å²) in [4.78, 5) is 51.1. The van der Waals surface area contributed by atoms with Crippen LogP contribution in [-0.2, 0) is 28.5 Å². The van der Waals surface area contributed by atoms with Crippen LogP contribution in [0.1, 0.15) is 91.2 Å². The van der Waals surface area contributed by atoms with Gasteiger partial charge in [0.2, 0.25) is 11.8 Å². The minimum Gasteiger partial charge on any atom is -0.394 e. The molecule has 4 heterocycles. The van der Waals surface area contributed by atoms with Crippen molar-refractivity contribution in [3.05, 3.63) is 45.3 Å². The molecule has 1 aromatic rings. The van der Waals surface area contributed by atoms with Gasteiger partial charge in [0.05, 0.1) is 18.8 Å². The predicted octanol–water partition coefficient (Wildman–Crippen LogP) is -2.48. The van der Waals surface area contributed by atoms with E-state index < -0.39 is 128 Å². The Morgan fingerprint density at radius 1 is 0.828 bits per heavy atom. The summed E-state index contributed by atoms with van der Waals surface area (Å²) in [6.07, 6.45) is -8.97. The average molecular weight is 831 g/mol. The van der Waals surface area contributed by atoms with Gasteiger partial charge in [-0.2, -0.15) is 0 Å². The number of nitrogens with zero attached hydrogens (tertiary/aromatic N) is 1. The molecule has 20 heteroatoms. The minimum atomic E-state index is -1.85. The molecule has 58 heavy (non-hydrogen) atoms. The van der Waals surface area contributed by atoms with E-state index in [1.54, 1.807) is 6.08 Å². The van der Waals surface area contributed by atoms with Gasteiger partial charge in [-0.25, -0.2) is 4.79 Å². The van der Waals surface area contributed by atoms with Crippen molar-refractivity contribution in [1.82, 2.24) is 20.2 Å². The van der Waals surface area contributed by atoms with Crippen LogP contribution in [0.4, 0.5) is 0 Å². The maximum atomic E-state index is 13.1. The second-order valence-corrected chi connectivity index (χ2v) is 15.8. The van der Waals surface area contributed by atoms with E-state index in [0.717, 1.165) is 49.4 Å². The Morgan fingerprint density at radius 2 is 1.41 bits per heavy atom. The summed E-state index contributed by atoms with van der Waals surface area (Å²) < 4.78 is 24.1. The molecule has 3 fully saturated rings. The zero-order valence-electron chi connectivity index (χ0n) is 33.1. The second kappa shape index (κ2) is 22.5. The number of carbonyl (C=O) groups is 2. The fraction of sp³-hybridized carbons (Fsp3) is 0.789. The number of amides is 2. The fourth-order valence-corrected chi connectivity index (χ4v) is 7.45. The molecule has 3 aliphatic rings. The lowest BCUT2D eigenvalue weighted by atomic mass is 9.91. The van der Waals surface area contributed by atoms with Gasteiger partial charge in [-0.15, -0.1) is 0 Å². The highest BCUT2D eigenvalue weighted by Gasteiger charge is 2.53. The Bertz CT molecular complexity index is 1590. The highest BCUT2D eigenvalue weighted by atomic mass is 16.8. The summed E-state index contributed by atoms with van der Waals surface area (Å²) in [5.41, 5.74) is -1.68. The van der Waals surface area contributed by atoms with Gasteiger partial charge in [0.1, 0.15) is 60.9 Å². The number of hydrogen-bond acceptors (Lipinski definition) is 16. The van der Waals surface area contributed by atoms with Crippen molar-refractivity contribution in [2.24, 2.45) is 5.92 Å². The van der Waals surface area contributed by atoms with Gasteiger partial charge in [0.15, 0.2) is 18.8 Å². The van der Waals surface area contributed by atoms with E-state index in [9.17, 15) is 60.0 Å². The normalized spacial score (nSPS) is 34.7. The number of carbonyl (C=O) groups excluding carboxylic acids is 2. The van der Waals surface area contributed by atoms with Crippen molar-refractivity contribution in [1.29, 1.82) is 0 Å². The maximum absolute atomic E-state index is 13.1. The number of rotatable bonds is 20. The summed E-state index contributed by atoms with van der Waals surface area (Å²) in [5.74, 6) is -0.641. The first-order valence-electron chi connectivity index (χ1n) is 20.1. The minimum absolute atomic E-state index is 0.598. The van der Waals surface area contributed by atoms with Gasteiger partial charge in [-0.3, -0.25) is 23.9 Å². The second-order valence-electron chi connectivity index (χ2n) is 15.8. The summed E-state index contributed by atoms with van der Waals surface area (Å²) in [7, 11) is 0. The van der Waals surface area contributed by atoms with Crippen LogP contribution < -0.4 is 21.9 Å². The number of hydrogen-bond donors (Lipinski definition) is 11. The Hall–Kier alpha value is -3.12. The third kappa shape index (κ3) is 12.7. The molecular formula is C38H62N4O16. The third-order valence-electron chi connectivity index (χ3n) is 10.7. The number of aromatic nitrogens is 2. The molecule has 0 aromatic carbocycles. The standard InChI is InChI=1S/C38H62N4O16/c1-19(2)13-11-9-7-5-4-6-8-10-12-14-24(46)40-27-31(51)28(48)22(55-37(27)58-36-26(39-20(3)44)30(50)29(49)23(18-43)56-36)17-21(45)34-32(52)33(53)35(57-34)42-16-15-25(47)41-38(42)54/h12,14-16,19,21-23,26-37,43,45,48-53H,4-11,13,17-18H2,1-3H3,(H,39,44)(H,40,46)(H,41,47,54)/b14-12+/t21-,22-,23+,26+,27-,28+,29+,30+,31-,32+,33-,34-,35-,36+,37+/m1/s1. The molecule has 0 spiro atoms. The smallest absolute Gasteiger partial charge is 0.330 e. The Labute approximate surface area is 335 Å². The molecule has 20 nitrogen and oxygen atoms in total. The van der Waals surface area contributed by atoms with Crippen LogP contribution in [-0.4, -0.2) is 155 Å². The summed E-state index contributed by atoms with van der Waals surface area (Å²) in [6, 6.07) is -2.01. The topological polar surface area (TPSA) is 312 Å². The van der Waals surface area contributed by atoms with Gasteiger partial charge < -0.3 is 70.4 Å². The van der Waals surface area contributed by atoms with E-state index in [1.807, 2.05) is 4.98 Å². The van der Waals surface area contributed by atoms with Crippen LogP contribution in [0.5, 0.6) is 0 Å². The fourth-order valence-electron chi connectivity index (χ4n) is 7.45. The number of aliphatic hydroxyl groups excluding tert-OH is 8. The Balaban J connectivity index is 1.46.